The lowest BCUT2D eigenvalue weighted by molar-refractivity contribution is 0.788. The lowest BCUT2D eigenvalue weighted by atomic mass is 10.3. The monoisotopic (exact) mass is 391 g/mol. The molecule has 2 rings (SSSR count). The molecule has 0 saturated heterocycles. The van der Waals surface area contributed by atoms with Gasteiger partial charge in [-0.3, -0.25) is 0 Å². The van der Waals surface area contributed by atoms with Crippen LogP contribution in [0.5, 0.6) is 0 Å². The van der Waals surface area contributed by atoms with Crippen LogP contribution < -0.4 is 0 Å². The van der Waals surface area contributed by atoms with Gasteiger partial charge in [-0.1, -0.05) is 40.2 Å². The van der Waals surface area contributed by atoms with Gasteiger partial charge in [-0.05, 0) is 41.1 Å². The Hall–Kier alpha value is -0.430. The fourth-order valence-corrected chi connectivity index (χ4v) is 2.23. The Kier molecular flexibility index (Phi) is 3.96. The van der Waals surface area contributed by atoms with E-state index >= 15 is 0 Å². The maximum Gasteiger partial charge on any atom is 0.0967 e. The van der Waals surface area contributed by atoms with Crippen molar-refractivity contribution in [3.8, 4) is 5.69 Å². The zero-order chi connectivity index (χ0) is 11.5. The molecule has 0 aliphatic rings. The molecule has 0 aliphatic carbocycles. The summed E-state index contributed by atoms with van der Waals surface area (Å²) in [7, 11) is 0. The van der Waals surface area contributed by atoms with Crippen molar-refractivity contribution in [2.24, 2.45) is 0 Å². The number of halogens is 2. The topological polar surface area (TPSA) is 30.7 Å². The van der Waals surface area contributed by atoms with E-state index in [1.807, 2.05) is 29.1 Å². The van der Waals surface area contributed by atoms with Crippen LogP contribution >= 0.6 is 38.5 Å². The van der Waals surface area contributed by atoms with E-state index in [4.69, 9.17) is 0 Å². The van der Waals surface area contributed by atoms with E-state index in [1.165, 1.54) is 3.57 Å². The van der Waals surface area contributed by atoms with Crippen LogP contribution in [0.25, 0.3) is 5.69 Å². The largest absolute Gasteiger partial charge is 0.219 e. The number of hydrogen-bond donors (Lipinski definition) is 0. The fraction of sp³-hybridized carbons (Fsp3) is 0.273. The van der Waals surface area contributed by atoms with Gasteiger partial charge in [0, 0.05) is 3.57 Å². The molecule has 3 nitrogen and oxygen atoms in total. The van der Waals surface area contributed by atoms with E-state index in [2.05, 4.69) is 61.8 Å². The van der Waals surface area contributed by atoms with Crippen molar-refractivity contribution in [1.29, 1.82) is 0 Å². The number of aromatic nitrogens is 3. The molecule has 5 heteroatoms. The predicted molar refractivity (Wildman–Crippen MR) is 76.0 cm³/mol. The molecule has 16 heavy (non-hydrogen) atoms. The van der Waals surface area contributed by atoms with Crippen LogP contribution in [0.2, 0.25) is 0 Å². The molecular formula is C11H11BrIN3. The third-order valence-electron chi connectivity index (χ3n) is 2.29. The third-order valence-corrected chi connectivity index (χ3v) is 4.32. The molecule has 0 fully saturated rings. The van der Waals surface area contributed by atoms with E-state index in [1.54, 1.807) is 0 Å². The van der Waals surface area contributed by atoms with E-state index in [9.17, 15) is 0 Å². The van der Waals surface area contributed by atoms with Crippen LogP contribution in [0.1, 0.15) is 23.9 Å². The van der Waals surface area contributed by atoms with Crippen LogP contribution in [-0.2, 0) is 0 Å². The summed E-state index contributed by atoms with van der Waals surface area (Å²) >= 11 is 5.87. The SMILES string of the molecule is CCC(Br)c1cn(-c2ccccc2I)nn1. The lowest BCUT2D eigenvalue weighted by Crippen LogP contribution is -1.97. The fourth-order valence-electron chi connectivity index (χ4n) is 1.38. The maximum atomic E-state index is 4.17. The molecule has 0 amide bonds. The highest BCUT2D eigenvalue weighted by molar-refractivity contribution is 14.1. The van der Waals surface area contributed by atoms with E-state index < -0.39 is 0 Å². The van der Waals surface area contributed by atoms with Gasteiger partial charge in [0.15, 0.2) is 0 Å². The molecule has 1 aromatic heterocycles. The summed E-state index contributed by atoms with van der Waals surface area (Å²) in [4.78, 5) is 0.280. The van der Waals surface area contributed by atoms with Crippen LogP contribution in [0.3, 0.4) is 0 Å². The Morgan fingerprint density at radius 3 is 2.88 bits per heavy atom. The smallest absolute Gasteiger partial charge is 0.0967 e. The Labute approximate surface area is 117 Å². The van der Waals surface area contributed by atoms with Crippen molar-refractivity contribution in [2.45, 2.75) is 18.2 Å². The number of para-hydroxylation sites is 1. The van der Waals surface area contributed by atoms with Gasteiger partial charge in [-0.2, -0.15) is 0 Å². The highest BCUT2D eigenvalue weighted by Crippen LogP contribution is 2.24. The zero-order valence-electron chi connectivity index (χ0n) is 8.77. The molecule has 1 heterocycles. The van der Waals surface area contributed by atoms with Gasteiger partial charge in [-0.25, -0.2) is 4.68 Å². The summed E-state index contributed by atoms with van der Waals surface area (Å²) in [5.41, 5.74) is 2.04. The van der Waals surface area contributed by atoms with Gasteiger partial charge < -0.3 is 0 Å². The molecule has 1 aromatic carbocycles. The van der Waals surface area contributed by atoms with Crippen molar-refractivity contribution in [2.75, 3.05) is 0 Å². The van der Waals surface area contributed by atoms with E-state index in [0.717, 1.165) is 17.8 Å². The van der Waals surface area contributed by atoms with Crippen molar-refractivity contribution in [3.05, 3.63) is 39.7 Å². The summed E-state index contributed by atoms with van der Waals surface area (Å²) in [5.74, 6) is 0. The number of benzene rings is 1. The van der Waals surface area contributed by atoms with Gasteiger partial charge in [0.25, 0.3) is 0 Å². The summed E-state index contributed by atoms with van der Waals surface area (Å²) in [6.45, 7) is 2.12. The Bertz CT molecular complexity index is 484. The van der Waals surface area contributed by atoms with Crippen molar-refractivity contribution < 1.29 is 0 Å². The molecule has 84 valence electrons. The second kappa shape index (κ2) is 5.27. The molecule has 0 aliphatic heterocycles. The first-order chi connectivity index (χ1) is 7.72. The average Bonchev–Trinajstić information content (AvgIpc) is 2.78. The summed E-state index contributed by atoms with van der Waals surface area (Å²) < 4.78 is 2.99. The molecule has 1 atom stereocenters. The predicted octanol–water partition coefficient (Wildman–Crippen LogP) is 3.72. The van der Waals surface area contributed by atoms with E-state index in [0.29, 0.717) is 0 Å². The molecule has 0 bridgehead atoms. The molecule has 1 unspecified atom stereocenters. The highest BCUT2D eigenvalue weighted by atomic mass is 127. The quantitative estimate of drug-likeness (QED) is 0.589. The van der Waals surface area contributed by atoms with Crippen molar-refractivity contribution in [3.63, 3.8) is 0 Å². The number of hydrogen-bond acceptors (Lipinski definition) is 2. The summed E-state index contributed by atoms with van der Waals surface area (Å²) in [5, 5.41) is 8.32. The second-order valence-corrected chi connectivity index (χ2v) is 5.68. The maximum absolute atomic E-state index is 4.17. The molecular weight excluding hydrogens is 381 g/mol. The Balaban J connectivity index is 2.35. The summed E-state index contributed by atoms with van der Waals surface area (Å²) in [6, 6.07) is 8.12. The first kappa shape index (κ1) is 12.0. The standard InChI is InChI=1S/C11H11BrIN3/c1-2-8(12)10-7-16(15-14-10)11-6-4-3-5-9(11)13/h3-8H,2H2,1H3. The lowest BCUT2D eigenvalue weighted by Gasteiger charge is -2.02. The Morgan fingerprint density at radius 1 is 1.44 bits per heavy atom. The first-order valence-corrected chi connectivity index (χ1v) is 7.03. The summed E-state index contributed by atoms with van der Waals surface area (Å²) in [6.07, 6.45) is 2.98. The minimum Gasteiger partial charge on any atom is -0.219 e. The van der Waals surface area contributed by atoms with Gasteiger partial charge in [0.1, 0.15) is 0 Å². The molecule has 0 N–H and O–H groups in total. The van der Waals surface area contributed by atoms with Gasteiger partial charge in [0.05, 0.1) is 22.4 Å². The number of rotatable bonds is 3. The number of nitrogens with zero attached hydrogens (tertiary/aromatic N) is 3. The first-order valence-electron chi connectivity index (χ1n) is 5.03. The van der Waals surface area contributed by atoms with Crippen molar-refractivity contribution in [1.82, 2.24) is 15.0 Å². The highest BCUT2D eigenvalue weighted by Gasteiger charge is 2.11. The molecule has 0 spiro atoms. The van der Waals surface area contributed by atoms with Crippen LogP contribution in [-0.4, -0.2) is 15.0 Å². The zero-order valence-corrected chi connectivity index (χ0v) is 12.5. The van der Waals surface area contributed by atoms with Gasteiger partial charge in [0.2, 0.25) is 0 Å². The normalized spacial score (nSPS) is 12.7. The third kappa shape index (κ3) is 2.45. The molecule has 0 saturated carbocycles. The van der Waals surface area contributed by atoms with Crippen molar-refractivity contribution >= 4 is 38.5 Å². The Morgan fingerprint density at radius 2 is 2.19 bits per heavy atom. The van der Waals surface area contributed by atoms with Gasteiger partial charge in [-0.15, -0.1) is 5.10 Å². The molecule has 0 radical (unpaired) electrons. The second-order valence-electron chi connectivity index (χ2n) is 3.42. The van der Waals surface area contributed by atoms with Crippen LogP contribution in [0, 0.1) is 3.57 Å². The minimum atomic E-state index is 0.280. The number of alkyl halides is 1. The van der Waals surface area contributed by atoms with Crippen LogP contribution in [0.4, 0.5) is 0 Å². The minimum absolute atomic E-state index is 0.280. The van der Waals surface area contributed by atoms with E-state index in [-0.39, 0.29) is 4.83 Å². The van der Waals surface area contributed by atoms with Crippen LogP contribution in [0.15, 0.2) is 30.5 Å². The van der Waals surface area contributed by atoms with Gasteiger partial charge >= 0.3 is 0 Å². The molecule has 2 aromatic rings. The average molecular weight is 392 g/mol.